The molecule has 2 aliphatic heterocycles. The number of rotatable bonds is 7. The van der Waals surface area contributed by atoms with Gasteiger partial charge in [0, 0.05) is 45.8 Å². The quantitative estimate of drug-likeness (QED) is 0.766. The van der Waals surface area contributed by atoms with Gasteiger partial charge in [0.05, 0.1) is 18.6 Å². The van der Waals surface area contributed by atoms with Crippen LogP contribution in [0.4, 0.5) is 0 Å². The molecule has 2 aliphatic rings. The van der Waals surface area contributed by atoms with Crippen molar-refractivity contribution in [3.8, 4) is 0 Å². The molecule has 0 bridgehead atoms. The second-order valence-corrected chi connectivity index (χ2v) is 6.75. The zero-order valence-electron chi connectivity index (χ0n) is 14.4. The molecular formula is C19H28N2O3. The van der Waals surface area contributed by atoms with Gasteiger partial charge in [0.2, 0.25) is 5.91 Å². The zero-order valence-corrected chi connectivity index (χ0v) is 14.4. The van der Waals surface area contributed by atoms with E-state index in [-0.39, 0.29) is 17.9 Å². The third-order valence-corrected chi connectivity index (χ3v) is 5.17. The van der Waals surface area contributed by atoms with Gasteiger partial charge in [-0.2, -0.15) is 0 Å². The van der Waals surface area contributed by atoms with Crippen molar-refractivity contribution in [2.45, 2.75) is 18.9 Å². The summed E-state index contributed by atoms with van der Waals surface area (Å²) in [5.74, 6) is 0.538. The van der Waals surface area contributed by atoms with Crippen LogP contribution < -0.4 is 5.32 Å². The number of piperidine rings is 1. The van der Waals surface area contributed by atoms with Crippen LogP contribution >= 0.6 is 0 Å². The molecule has 0 radical (unpaired) electrons. The van der Waals surface area contributed by atoms with Crippen molar-refractivity contribution in [1.82, 2.24) is 10.2 Å². The standard InChI is InChI=1S/C19H28N2O3/c1-23-12-9-20-19(22)17-13-21(14-18-16(17)8-11-24-18)10-7-15-5-3-2-4-6-15/h2-6,16-18H,7-14H2,1H3,(H,20,22)/t16-,17-,18+/m0/s1. The molecule has 132 valence electrons. The van der Waals surface area contributed by atoms with E-state index in [0.29, 0.717) is 19.1 Å². The predicted octanol–water partition coefficient (Wildman–Crippen LogP) is 1.33. The number of hydrogen-bond acceptors (Lipinski definition) is 4. The average Bonchev–Trinajstić information content (AvgIpc) is 3.08. The first kappa shape index (κ1) is 17.4. The zero-order chi connectivity index (χ0) is 16.8. The smallest absolute Gasteiger partial charge is 0.224 e. The molecular weight excluding hydrogens is 304 g/mol. The second kappa shape index (κ2) is 8.60. The summed E-state index contributed by atoms with van der Waals surface area (Å²) in [5.41, 5.74) is 1.34. The Morgan fingerprint density at radius 3 is 2.96 bits per heavy atom. The molecule has 1 aromatic rings. The van der Waals surface area contributed by atoms with Gasteiger partial charge in [0.25, 0.3) is 0 Å². The summed E-state index contributed by atoms with van der Waals surface area (Å²) in [6, 6.07) is 10.5. The van der Waals surface area contributed by atoms with E-state index in [1.54, 1.807) is 7.11 Å². The van der Waals surface area contributed by atoms with Gasteiger partial charge in [-0.15, -0.1) is 0 Å². The summed E-state index contributed by atoms with van der Waals surface area (Å²) in [6.07, 6.45) is 2.21. The van der Waals surface area contributed by atoms with Gasteiger partial charge >= 0.3 is 0 Å². The van der Waals surface area contributed by atoms with Crippen LogP contribution in [0.15, 0.2) is 30.3 Å². The van der Waals surface area contributed by atoms with Crippen LogP contribution in [0.3, 0.4) is 0 Å². The van der Waals surface area contributed by atoms with E-state index in [2.05, 4.69) is 34.5 Å². The molecule has 2 fully saturated rings. The molecule has 2 heterocycles. The van der Waals surface area contributed by atoms with E-state index in [9.17, 15) is 4.79 Å². The first-order valence-electron chi connectivity index (χ1n) is 8.92. The molecule has 1 aromatic carbocycles. The Hall–Kier alpha value is -1.43. The highest BCUT2D eigenvalue weighted by Gasteiger charge is 2.43. The molecule has 5 heteroatoms. The number of hydrogen-bond donors (Lipinski definition) is 1. The summed E-state index contributed by atoms with van der Waals surface area (Å²) < 4.78 is 10.9. The first-order chi connectivity index (χ1) is 11.8. The van der Waals surface area contributed by atoms with Crippen molar-refractivity contribution in [3.63, 3.8) is 0 Å². The lowest BCUT2D eigenvalue weighted by molar-refractivity contribution is -0.131. The maximum absolute atomic E-state index is 12.6. The van der Waals surface area contributed by atoms with Crippen molar-refractivity contribution >= 4 is 5.91 Å². The molecule has 0 saturated carbocycles. The number of likely N-dealkylation sites (tertiary alicyclic amines) is 1. The van der Waals surface area contributed by atoms with Gasteiger partial charge in [-0.1, -0.05) is 30.3 Å². The highest BCUT2D eigenvalue weighted by atomic mass is 16.5. The summed E-state index contributed by atoms with van der Waals surface area (Å²) in [5, 5.41) is 3.01. The number of carbonyl (C=O) groups excluding carboxylic acids is 1. The fourth-order valence-corrected chi connectivity index (χ4v) is 3.86. The summed E-state index contributed by atoms with van der Waals surface area (Å²) in [7, 11) is 1.65. The summed E-state index contributed by atoms with van der Waals surface area (Å²) in [4.78, 5) is 15.0. The van der Waals surface area contributed by atoms with Gasteiger partial charge in [-0.3, -0.25) is 9.69 Å². The van der Waals surface area contributed by atoms with E-state index in [1.165, 1.54) is 5.56 Å². The second-order valence-electron chi connectivity index (χ2n) is 6.75. The van der Waals surface area contributed by atoms with Gasteiger partial charge in [-0.25, -0.2) is 0 Å². The number of fused-ring (bicyclic) bond motifs is 1. The summed E-state index contributed by atoms with van der Waals surface area (Å²) in [6.45, 7) is 4.66. The Balaban J connectivity index is 1.57. The molecule has 3 rings (SSSR count). The van der Waals surface area contributed by atoms with Crippen LogP contribution in [0.5, 0.6) is 0 Å². The third kappa shape index (κ3) is 4.35. The maximum Gasteiger partial charge on any atom is 0.224 e. The van der Waals surface area contributed by atoms with Crippen molar-refractivity contribution in [2.75, 3.05) is 46.5 Å². The Bertz CT molecular complexity index is 523. The molecule has 0 unspecified atom stereocenters. The SMILES string of the molecule is COCCNC(=O)[C@H]1CN(CCc2ccccc2)C[C@H]2OCC[C@@H]12. The van der Waals surface area contributed by atoms with Crippen molar-refractivity contribution in [2.24, 2.45) is 11.8 Å². The predicted molar refractivity (Wildman–Crippen MR) is 92.8 cm³/mol. The van der Waals surface area contributed by atoms with E-state index >= 15 is 0 Å². The lowest BCUT2D eigenvalue weighted by atomic mass is 9.82. The number of nitrogens with zero attached hydrogens (tertiary/aromatic N) is 1. The van der Waals surface area contributed by atoms with E-state index in [0.717, 1.165) is 39.1 Å². The van der Waals surface area contributed by atoms with Crippen molar-refractivity contribution in [3.05, 3.63) is 35.9 Å². The van der Waals surface area contributed by atoms with Gasteiger partial charge in [-0.05, 0) is 18.4 Å². The molecule has 24 heavy (non-hydrogen) atoms. The molecule has 0 spiro atoms. The molecule has 1 N–H and O–H groups in total. The van der Waals surface area contributed by atoms with Gasteiger partial charge in [0.1, 0.15) is 0 Å². The minimum absolute atomic E-state index is 0.0267. The number of nitrogens with one attached hydrogen (secondary N) is 1. The van der Waals surface area contributed by atoms with Crippen molar-refractivity contribution in [1.29, 1.82) is 0 Å². The van der Waals surface area contributed by atoms with E-state index in [1.807, 2.05) is 6.07 Å². The minimum Gasteiger partial charge on any atom is -0.383 e. The van der Waals surface area contributed by atoms with Crippen LogP contribution in [0.2, 0.25) is 0 Å². The lowest BCUT2D eigenvalue weighted by Crippen LogP contribution is -2.53. The average molecular weight is 332 g/mol. The highest BCUT2D eigenvalue weighted by Crippen LogP contribution is 2.33. The Morgan fingerprint density at radius 2 is 2.17 bits per heavy atom. The highest BCUT2D eigenvalue weighted by molar-refractivity contribution is 5.79. The lowest BCUT2D eigenvalue weighted by Gasteiger charge is -2.39. The third-order valence-electron chi connectivity index (χ3n) is 5.17. The molecule has 5 nitrogen and oxygen atoms in total. The number of ether oxygens (including phenoxy) is 2. The van der Waals surface area contributed by atoms with E-state index < -0.39 is 0 Å². The fourth-order valence-electron chi connectivity index (χ4n) is 3.86. The Kier molecular flexibility index (Phi) is 6.24. The molecule has 1 amide bonds. The van der Waals surface area contributed by atoms with Crippen LogP contribution in [-0.2, 0) is 20.7 Å². The number of benzene rings is 1. The monoisotopic (exact) mass is 332 g/mol. The molecule has 0 aliphatic carbocycles. The van der Waals surface area contributed by atoms with Gasteiger partial charge in [0.15, 0.2) is 0 Å². The molecule has 2 saturated heterocycles. The van der Waals surface area contributed by atoms with Crippen LogP contribution in [0.25, 0.3) is 0 Å². The number of carbonyl (C=O) groups is 1. The van der Waals surface area contributed by atoms with E-state index in [4.69, 9.17) is 9.47 Å². The Morgan fingerprint density at radius 1 is 1.33 bits per heavy atom. The fraction of sp³-hybridized carbons (Fsp3) is 0.632. The van der Waals surface area contributed by atoms with Crippen molar-refractivity contribution < 1.29 is 14.3 Å². The summed E-state index contributed by atoms with van der Waals surface area (Å²) >= 11 is 0. The number of methoxy groups -OCH3 is 1. The minimum atomic E-state index is 0.0267. The first-order valence-corrected chi connectivity index (χ1v) is 8.92. The normalized spacial score (nSPS) is 27.0. The topological polar surface area (TPSA) is 50.8 Å². The number of amides is 1. The maximum atomic E-state index is 12.6. The van der Waals surface area contributed by atoms with Gasteiger partial charge < -0.3 is 14.8 Å². The molecule has 0 aromatic heterocycles. The van der Waals surface area contributed by atoms with Crippen LogP contribution in [0.1, 0.15) is 12.0 Å². The van der Waals surface area contributed by atoms with Crippen LogP contribution in [0, 0.1) is 11.8 Å². The Labute approximate surface area is 144 Å². The van der Waals surface area contributed by atoms with Crippen LogP contribution in [-0.4, -0.2) is 63.4 Å². The molecule has 3 atom stereocenters. The largest absolute Gasteiger partial charge is 0.383 e.